The fourth-order valence-electron chi connectivity index (χ4n) is 3.32. The van der Waals surface area contributed by atoms with Crippen LogP contribution in [0.15, 0.2) is 41.6 Å². The van der Waals surface area contributed by atoms with Crippen LogP contribution in [0.4, 0.5) is 0 Å². The predicted molar refractivity (Wildman–Crippen MR) is 103 cm³/mol. The Morgan fingerprint density at radius 2 is 2.11 bits per heavy atom. The Balaban J connectivity index is 1.93. The number of carbonyl (C=O) groups excluding carboxylic acids is 2. The lowest BCUT2D eigenvalue weighted by atomic mass is 10.0. The molecule has 1 atom stereocenters. The second-order valence-corrected chi connectivity index (χ2v) is 6.54. The zero-order valence-corrected chi connectivity index (χ0v) is 15.8. The first-order valence-electron chi connectivity index (χ1n) is 9.36. The van der Waals surface area contributed by atoms with Gasteiger partial charge in [0.15, 0.2) is 0 Å². The standard InChI is InChI=1S/C19H23N7O2/c1-2-9-21-19(28)15-13-25-11-12-26(16(27)8-10-22-24-20)17(18(25)23-15)14-6-4-3-5-7-14/h3-7,13,17H,2,8-12H2,1H3,(H,21,28). The maximum atomic E-state index is 12.8. The first-order chi connectivity index (χ1) is 13.7. The average molecular weight is 381 g/mol. The van der Waals surface area contributed by atoms with Gasteiger partial charge in [0.1, 0.15) is 17.6 Å². The number of rotatable bonds is 7. The minimum absolute atomic E-state index is 0.104. The summed E-state index contributed by atoms with van der Waals surface area (Å²) in [7, 11) is 0. The van der Waals surface area contributed by atoms with Crippen LogP contribution in [0.25, 0.3) is 10.4 Å². The Kier molecular flexibility index (Phi) is 6.29. The molecule has 1 aromatic heterocycles. The van der Waals surface area contributed by atoms with E-state index in [-0.39, 0.29) is 30.8 Å². The van der Waals surface area contributed by atoms with Crippen molar-refractivity contribution in [2.24, 2.45) is 5.11 Å². The van der Waals surface area contributed by atoms with Crippen molar-refractivity contribution in [2.45, 2.75) is 32.4 Å². The Bertz CT molecular complexity index is 887. The maximum absolute atomic E-state index is 12.8. The number of imidazole rings is 1. The first kappa shape index (κ1) is 19.4. The molecule has 28 heavy (non-hydrogen) atoms. The number of benzene rings is 1. The third-order valence-electron chi connectivity index (χ3n) is 4.64. The summed E-state index contributed by atoms with van der Waals surface area (Å²) in [6, 6.07) is 9.24. The maximum Gasteiger partial charge on any atom is 0.271 e. The Labute approximate surface area is 163 Å². The van der Waals surface area contributed by atoms with E-state index in [0.29, 0.717) is 31.2 Å². The van der Waals surface area contributed by atoms with Crippen LogP contribution in [-0.2, 0) is 11.3 Å². The van der Waals surface area contributed by atoms with Gasteiger partial charge < -0.3 is 14.8 Å². The molecule has 0 bridgehead atoms. The molecule has 0 spiro atoms. The summed E-state index contributed by atoms with van der Waals surface area (Å²) < 4.78 is 1.94. The second-order valence-electron chi connectivity index (χ2n) is 6.54. The van der Waals surface area contributed by atoms with Crippen LogP contribution in [0, 0.1) is 0 Å². The van der Waals surface area contributed by atoms with Crippen molar-refractivity contribution >= 4 is 11.8 Å². The van der Waals surface area contributed by atoms with Gasteiger partial charge in [-0.1, -0.05) is 42.4 Å². The summed E-state index contributed by atoms with van der Waals surface area (Å²) in [5, 5.41) is 6.30. The van der Waals surface area contributed by atoms with Crippen molar-refractivity contribution in [3.05, 3.63) is 64.1 Å². The van der Waals surface area contributed by atoms with Crippen molar-refractivity contribution in [2.75, 3.05) is 19.6 Å². The number of amides is 2. The molecule has 0 aliphatic carbocycles. The molecular formula is C19H23N7O2. The van der Waals surface area contributed by atoms with E-state index in [4.69, 9.17) is 5.53 Å². The molecule has 2 aromatic rings. The number of hydrogen-bond acceptors (Lipinski definition) is 4. The Hall–Kier alpha value is -3.32. The monoisotopic (exact) mass is 381 g/mol. The molecule has 3 rings (SSSR count). The molecule has 0 saturated carbocycles. The number of aromatic nitrogens is 2. The number of carbonyl (C=O) groups is 2. The molecule has 2 heterocycles. The van der Waals surface area contributed by atoms with Crippen LogP contribution >= 0.6 is 0 Å². The number of hydrogen-bond donors (Lipinski definition) is 1. The minimum Gasteiger partial charge on any atom is -0.351 e. The van der Waals surface area contributed by atoms with E-state index in [2.05, 4.69) is 20.3 Å². The lowest BCUT2D eigenvalue weighted by Gasteiger charge is -2.36. The van der Waals surface area contributed by atoms with E-state index < -0.39 is 0 Å². The highest BCUT2D eigenvalue weighted by atomic mass is 16.2. The highest BCUT2D eigenvalue weighted by Crippen LogP contribution is 2.32. The smallest absolute Gasteiger partial charge is 0.271 e. The van der Waals surface area contributed by atoms with Crippen molar-refractivity contribution in [1.82, 2.24) is 19.8 Å². The van der Waals surface area contributed by atoms with Crippen molar-refractivity contribution in [1.29, 1.82) is 0 Å². The zero-order valence-electron chi connectivity index (χ0n) is 15.8. The molecule has 1 N–H and O–H groups in total. The summed E-state index contributed by atoms with van der Waals surface area (Å²) in [6.07, 6.45) is 2.73. The molecule has 0 saturated heterocycles. The predicted octanol–water partition coefficient (Wildman–Crippen LogP) is 2.65. The molecule has 0 radical (unpaired) electrons. The van der Waals surface area contributed by atoms with Gasteiger partial charge in [-0.15, -0.1) is 0 Å². The lowest BCUT2D eigenvalue weighted by molar-refractivity contribution is -0.133. The average Bonchev–Trinajstić information content (AvgIpc) is 3.16. The summed E-state index contributed by atoms with van der Waals surface area (Å²) in [5.41, 5.74) is 9.73. The highest BCUT2D eigenvalue weighted by molar-refractivity contribution is 5.92. The third kappa shape index (κ3) is 4.15. The molecular weight excluding hydrogens is 358 g/mol. The van der Waals surface area contributed by atoms with E-state index in [1.165, 1.54) is 0 Å². The fraction of sp³-hybridized carbons (Fsp3) is 0.421. The van der Waals surface area contributed by atoms with Crippen LogP contribution in [-0.4, -0.2) is 45.9 Å². The van der Waals surface area contributed by atoms with E-state index >= 15 is 0 Å². The van der Waals surface area contributed by atoms with E-state index in [0.717, 1.165) is 12.0 Å². The van der Waals surface area contributed by atoms with Gasteiger partial charge in [0, 0.05) is 43.7 Å². The summed E-state index contributed by atoms with van der Waals surface area (Å²) in [5.74, 6) is 0.348. The SMILES string of the molecule is CCCNC(=O)c1cn2c(n1)C(c1ccccc1)N(C(=O)CCN=[N+]=[N-])CC2. The van der Waals surface area contributed by atoms with Gasteiger partial charge in [0.2, 0.25) is 5.91 Å². The topological polar surface area (TPSA) is 116 Å². The molecule has 0 fully saturated rings. The van der Waals surface area contributed by atoms with Crippen molar-refractivity contribution in [3.8, 4) is 0 Å². The normalized spacial score (nSPS) is 15.5. The third-order valence-corrected chi connectivity index (χ3v) is 4.64. The quantitative estimate of drug-likeness (QED) is 0.451. The van der Waals surface area contributed by atoms with E-state index in [9.17, 15) is 9.59 Å². The number of nitrogens with one attached hydrogen (secondary N) is 1. The molecule has 1 aliphatic rings. The molecule has 1 aliphatic heterocycles. The van der Waals surface area contributed by atoms with Gasteiger partial charge in [0.05, 0.1) is 0 Å². The van der Waals surface area contributed by atoms with Crippen molar-refractivity contribution in [3.63, 3.8) is 0 Å². The van der Waals surface area contributed by atoms with Crippen LogP contribution in [0.2, 0.25) is 0 Å². The molecule has 146 valence electrons. The zero-order chi connectivity index (χ0) is 19.9. The minimum atomic E-state index is -0.388. The lowest BCUT2D eigenvalue weighted by Crippen LogP contribution is -2.42. The van der Waals surface area contributed by atoms with Gasteiger partial charge >= 0.3 is 0 Å². The van der Waals surface area contributed by atoms with Gasteiger partial charge in [0.25, 0.3) is 5.91 Å². The largest absolute Gasteiger partial charge is 0.351 e. The molecule has 9 nitrogen and oxygen atoms in total. The summed E-state index contributed by atoms with van der Waals surface area (Å²) in [4.78, 5) is 34.1. The highest BCUT2D eigenvalue weighted by Gasteiger charge is 2.34. The summed E-state index contributed by atoms with van der Waals surface area (Å²) >= 11 is 0. The molecule has 2 amide bonds. The summed E-state index contributed by atoms with van der Waals surface area (Å²) in [6.45, 7) is 3.75. The first-order valence-corrected chi connectivity index (χ1v) is 9.36. The van der Waals surface area contributed by atoms with Gasteiger partial charge in [-0.3, -0.25) is 9.59 Å². The van der Waals surface area contributed by atoms with Crippen LogP contribution < -0.4 is 5.32 Å². The van der Waals surface area contributed by atoms with E-state index in [1.54, 1.807) is 11.1 Å². The van der Waals surface area contributed by atoms with Crippen LogP contribution in [0.5, 0.6) is 0 Å². The van der Waals surface area contributed by atoms with Gasteiger partial charge in [-0.2, -0.15) is 0 Å². The Morgan fingerprint density at radius 3 is 2.82 bits per heavy atom. The fourth-order valence-corrected chi connectivity index (χ4v) is 3.32. The van der Waals surface area contributed by atoms with Crippen LogP contribution in [0.3, 0.4) is 0 Å². The number of fused-ring (bicyclic) bond motifs is 1. The van der Waals surface area contributed by atoms with Gasteiger partial charge in [-0.25, -0.2) is 4.98 Å². The van der Waals surface area contributed by atoms with E-state index in [1.807, 2.05) is 41.8 Å². The molecule has 1 unspecified atom stereocenters. The van der Waals surface area contributed by atoms with Gasteiger partial charge in [-0.05, 0) is 17.5 Å². The second kappa shape index (κ2) is 9.05. The van der Waals surface area contributed by atoms with Crippen LogP contribution in [0.1, 0.15) is 47.7 Å². The molecule has 1 aromatic carbocycles. The Morgan fingerprint density at radius 1 is 1.32 bits per heavy atom. The molecule has 9 heteroatoms. The number of azide groups is 1. The number of nitrogens with zero attached hydrogens (tertiary/aromatic N) is 6. The van der Waals surface area contributed by atoms with Crippen molar-refractivity contribution < 1.29 is 9.59 Å².